The molecule has 0 saturated carbocycles. The molecular weight excluding hydrogens is 248 g/mol. The number of β-amino-alcohol motifs (C(OH)–C–C–N with tert-alkyl or cyclic N) is 1. The van der Waals surface area contributed by atoms with Crippen LogP contribution in [0.15, 0.2) is 18.2 Å². The molecule has 1 saturated heterocycles. The van der Waals surface area contributed by atoms with Gasteiger partial charge in [-0.25, -0.2) is 0 Å². The van der Waals surface area contributed by atoms with Crippen molar-refractivity contribution in [2.45, 2.75) is 20.0 Å². The monoisotopic (exact) mass is 272 g/mol. The normalized spacial score (nSPS) is 18.7. The minimum absolute atomic E-state index is 0.409. The highest BCUT2D eigenvalue weighted by Crippen LogP contribution is 2.18. The highest BCUT2D eigenvalue weighted by Gasteiger charge is 2.19. The first-order chi connectivity index (χ1) is 9.58. The molecule has 0 radical (unpaired) electrons. The number of nitrogens with zero attached hydrogens (tertiary/aromatic N) is 2. The molecule has 3 nitrogen and oxygen atoms in total. The van der Waals surface area contributed by atoms with E-state index in [0.717, 1.165) is 38.3 Å². The predicted molar refractivity (Wildman–Crippen MR) is 82.6 cm³/mol. The van der Waals surface area contributed by atoms with E-state index < -0.39 is 6.10 Å². The van der Waals surface area contributed by atoms with Gasteiger partial charge in [0.1, 0.15) is 0 Å². The minimum Gasteiger partial charge on any atom is -0.387 e. The van der Waals surface area contributed by atoms with Gasteiger partial charge in [-0.15, -0.1) is 6.42 Å². The first kappa shape index (κ1) is 15.1. The van der Waals surface area contributed by atoms with Crippen molar-refractivity contribution < 1.29 is 5.11 Å². The predicted octanol–water partition coefficient (Wildman–Crippen LogP) is 1.59. The van der Waals surface area contributed by atoms with Gasteiger partial charge < -0.3 is 5.11 Å². The van der Waals surface area contributed by atoms with Crippen molar-refractivity contribution in [3.8, 4) is 12.3 Å². The number of terminal acetylenes is 1. The van der Waals surface area contributed by atoms with Crippen molar-refractivity contribution in [1.82, 2.24) is 9.80 Å². The number of aryl methyl sites for hydroxylation is 2. The number of aliphatic hydroxyl groups is 1. The van der Waals surface area contributed by atoms with E-state index in [1.165, 1.54) is 11.1 Å². The fourth-order valence-electron chi connectivity index (χ4n) is 2.81. The molecule has 1 aromatic carbocycles. The summed E-state index contributed by atoms with van der Waals surface area (Å²) in [6, 6.07) is 6.29. The van der Waals surface area contributed by atoms with Gasteiger partial charge in [0, 0.05) is 32.7 Å². The Morgan fingerprint density at radius 3 is 2.20 bits per heavy atom. The first-order valence-electron chi connectivity index (χ1n) is 7.23. The lowest BCUT2D eigenvalue weighted by atomic mass is 10.0. The van der Waals surface area contributed by atoms with Crippen LogP contribution in [0.25, 0.3) is 0 Å². The third kappa shape index (κ3) is 4.08. The second-order valence-electron chi connectivity index (χ2n) is 5.72. The molecule has 1 atom stereocenters. The van der Waals surface area contributed by atoms with E-state index in [2.05, 4.69) is 47.8 Å². The number of piperazine rings is 1. The SMILES string of the molecule is C#CCN1CCN(CC(O)c2cc(C)cc(C)c2)CC1. The molecular formula is C17H24N2O. The zero-order chi connectivity index (χ0) is 14.5. The van der Waals surface area contributed by atoms with Gasteiger partial charge in [-0.2, -0.15) is 0 Å². The van der Waals surface area contributed by atoms with Crippen LogP contribution < -0.4 is 0 Å². The van der Waals surface area contributed by atoms with E-state index in [1.54, 1.807) is 0 Å². The van der Waals surface area contributed by atoms with Gasteiger partial charge in [0.2, 0.25) is 0 Å². The smallest absolute Gasteiger partial charge is 0.0917 e. The van der Waals surface area contributed by atoms with Crippen LogP contribution in [-0.2, 0) is 0 Å². The van der Waals surface area contributed by atoms with E-state index in [4.69, 9.17) is 6.42 Å². The first-order valence-corrected chi connectivity index (χ1v) is 7.23. The van der Waals surface area contributed by atoms with Gasteiger partial charge >= 0.3 is 0 Å². The highest BCUT2D eigenvalue weighted by atomic mass is 16.3. The van der Waals surface area contributed by atoms with E-state index in [-0.39, 0.29) is 0 Å². The van der Waals surface area contributed by atoms with Crippen LogP contribution in [0.3, 0.4) is 0 Å². The molecule has 0 amide bonds. The van der Waals surface area contributed by atoms with Crippen molar-refractivity contribution >= 4 is 0 Å². The van der Waals surface area contributed by atoms with Gasteiger partial charge in [-0.3, -0.25) is 9.80 Å². The average molecular weight is 272 g/mol. The van der Waals surface area contributed by atoms with Crippen LogP contribution in [0, 0.1) is 26.2 Å². The Balaban J connectivity index is 1.89. The molecule has 0 aromatic heterocycles. The molecule has 1 N–H and O–H groups in total. The highest BCUT2D eigenvalue weighted by molar-refractivity contribution is 5.30. The summed E-state index contributed by atoms with van der Waals surface area (Å²) in [4.78, 5) is 4.59. The van der Waals surface area contributed by atoms with E-state index in [0.29, 0.717) is 6.54 Å². The third-order valence-electron chi connectivity index (χ3n) is 3.84. The summed E-state index contributed by atoms with van der Waals surface area (Å²) >= 11 is 0. The summed E-state index contributed by atoms with van der Waals surface area (Å²) in [5.41, 5.74) is 3.43. The van der Waals surface area contributed by atoms with Gasteiger partial charge in [0.25, 0.3) is 0 Å². The lowest BCUT2D eigenvalue weighted by Gasteiger charge is -2.34. The fraction of sp³-hybridized carbons (Fsp3) is 0.529. The van der Waals surface area contributed by atoms with Gasteiger partial charge in [-0.05, 0) is 19.4 Å². The van der Waals surface area contributed by atoms with Crippen molar-refractivity contribution in [2.75, 3.05) is 39.3 Å². The Labute approximate surface area is 122 Å². The van der Waals surface area contributed by atoms with Crippen molar-refractivity contribution in [3.05, 3.63) is 34.9 Å². The van der Waals surface area contributed by atoms with Crippen LogP contribution in [0.1, 0.15) is 22.8 Å². The molecule has 108 valence electrons. The summed E-state index contributed by atoms with van der Waals surface area (Å²) in [6.45, 7) is 9.50. The zero-order valence-corrected chi connectivity index (χ0v) is 12.5. The van der Waals surface area contributed by atoms with Crippen LogP contribution in [0.5, 0.6) is 0 Å². The number of benzene rings is 1. The second kappa shape index (κ2) is 6.90. The average Bonchev–Trinajstić information content (AvgIpc) is 2.40. The Hall–Kier alpha value is -1.34. The molecule has 1 heterocycles. The van der Waals surface area contributed by atoms with E-state index >= 15 is 0 Å². The fourth-order valence-corrected chi connectivity index (χ4v) is 2.81. The number of hydrogen-bond acceptors (Lipinski definition) is 3. The van der Waals surface area contributed by atoms with Gasteiger partial charge in [-0.1, -0.05) is 35.2 Å². The summed E-state index contributed by atoms with van der Waals surface area (Å²) in [5, 5.41) is 10.4. The van der Waals surface area contributed by atoms with E-state index in [1.807, 2.05) is 0 Å². The largest absolute Gasteiger partial charge is 0.387 e. The number of rotatable bonds is 4. The standard InChI is InChI=1S/C17H24N2O/c1-4-5-18-6-8-19(9-7-18)13-17(20)16-11-14(2)10-15(3)12-16/h1,10-12,17,20H,5-9,13H2,2-3H3. The molecule has 1 unspecified atom stereocenters. The molecule has 20 heavy (non-hydrogen) atoms. The minimum atomic E-state index is -0.409. The molecule has 1 aromatic rings. The maximum atomic E-state index is 10.4. The molecule has 1 fully saturated rings. The maximum Gasteiger partial charge on any atom is 0.0917 e. The molecule has 1 aliphatic heterocycles. The summed E-state index contributed by atoms with van der Waals surface area (Å²) in [6.07, 6.45) is 4.92. The summed E-state index contributed by atoms with van der Waals surface area (Å²) in [5.74, 6) is 2.69. The number of hydrogen-bond donors (Lipinski definition) is 1. The molecule has 1 aliphatic rings. The third-order valence-corrected chi connectivity index (χ3v) is 3.84. The zero-order valence-electron chi connectivity index (χ0n) is 12.5. The number of aliphatic hydroxyl groups excluding tert-OH is 1. The van der Waals surface area contributed by atoms with Crippen molar-refractivity contribution in [3.63, 3.8) is 0 Å². The van der Waals surface area contributed by atoms with Gasteiger partial charge in [0.05, 0.1) is 12.6 Å². The Bertz CT molecular complexity index is 464. The lowest BCUT2D eigenvalue weighted by Crippen LogP contribution is -2.47. The maximum absolute atomic E-state index is 10.4. The Kier molecular flexibility index (Phi) is 5.19. The van der Waals surface area contributed by atoms with E-state index in [9.17, 15) is 5.11 Å². The van der Waals surface area contributed by atoms with Crippen LogP contribution in [0.2, 0.25) is 0 Å². The molecule has 3 heteroatoms. The quantitative estimate of drug-likeness (QED) is 0.843. The van der Waals surface area contributed by atoms with Gasteiger partial charge in [0.15, 0.2) is 0 Å². The van der Waals surface area contributed by atoms with Crippen molar-refractivity contribution in [1.29, 1.82) is 0 Å². The van der Waals surface area contributed by atoms with Crippen LogP contribution >= 0.6 is 0 Å². The van der Waals surface area contributed by atoms with Crippen molar-refractivity contribution in [2.24, 2.45) is 0 Å². The Morgan fingerprint density at radius 1 is 1.10 bits per heavy atom. The summed E-state index contributed by atoms with van der Waals surface area (Å²) in [7, 11) is 0. The molecule has 0 bridgehead atoms. The topological polar surface area (TPSA) is 26.7 Å². The molecule has 0 aliphatic carbocycles. The van der Waals surface area contributed by atoms with Crippen LogP contribution in [0.4, 0.5) is 0 Å². The lowest BCUT2D eigenvalue weighted by molar-refractivity contribution is 0.0769. The van der Waals surface area contributed by atoms with Crippen LogP contribution in [-0.4, -0.2) is 54.2 Å². The molecule has 0 spiro atoms. The second-order valence-corrected chi connectivity index (χ2v) is 5.72. The Morgan fingerprint density at radius 2 is 1.65 bits per heavy atom. The summed E-state index contributed by atoms with van der Waals surface area (Å²) < 4.78 is 0. The molecule has 2 rings (SSSR count).